The van der Waals surface area contributed by atoms with Gasteiger partial charge in [0, 0.05) is 25.0 Å². The minimum absolute atomic E-state index is 0.0629. The molecule has 1 aliphatic heterocycles. The van der Waals surface area contributed by atoms with E-state index in [-0.39, 0.29) is 5.75 Å². The molecule has 0 saturated carbocycles. The number of likely N-dealkylation sites (tertiary alicyclic amines) is 1. The van der Waals surface area contributed by atoms with Gasteiger partial charge in [0.25, 0.3) is 0 Å². The van der Waals surface area contributed by atoms with Crippen LogP contribution in [0.1, 0.15) is 25.8 Å². The molecule has 5 nitrogen and oxygen atoms in total. The Kier molecular flexibility index (Phi) is 4.66. The van der Waals surface area contributed by atoms with Crippen LogP contribution in [0.4, 0.5) is 0 Å². The van der Waals surface area contributed by atoms with E-state index in [0.29, 0.717) is 6.04 Å². The van der Waals surface area contributed by atoms with Crippen LogP contribution in [0.5, 0.6) is 0 Å². The first-order valence-corrected chi connectivity index (χ1v) is 7.25. The van der Waals surface area contributed by atoms with Crippen LogP contribution in [0.3, 0.4) is 0 Å². The summed E-state index contributed by atoms with van der Waals surface area (Å²) in [6.45, 7) is 5.52. The lowest BCUT2D eigenvalue weighted by atomic mass is 10.3. The lowest BCUT2D eigenvalue weighted by Crippen LogP contribution is -2.27. The zero-order chi connectivity index (χ0) is 13.0. The molecule has 0 aliphatic carbocycles. The average Bonchev–Trinajstić information content (AvgIpc) is 2.96. The highest BCUT2D eigenvalue weighted by Gasteiger charge is 2.17. The highest BCUT2D eigenvalue weighted by atomic mass is 32.2. The maximum absolute atomic E-state index is 10.6. The topological polar surface area (TPSA) is 58.4 Å². The van der Waals surface area contributed by atoms with E-state index in [1.54, 1.807) is 6.20 Å². The third kappa shape index (κ3) is 3.49. The van der Waals surface area contributed by atoms with Crippen LogP contribution < -0.4 is 0 Å². The van der Waals surface area contributed by atoms with E-state index in [2.05, 4.69) is 21.4 Å². The Hall–Kier alpha value is -1.01. The van der Waals surface area contributed by atoms with Gasteiger partial charge in [-0.05, 0) is 32.9 Å². The molecule has 0 bridgehead atoms. The molecular weight excluding hydrogens is 250 g/mol. The molecule has 1 fully saturated rings. The number of carboxylic acids is 1. The molecule has 2 heterocycles. The minimum Gasteiger partial charge on any atom is -0.481 e. The zero-order valence-corrected chi connectivity index (χ0v) is 11.4. The van der Waals surface area contributed by atoms with Gasteiger partial charge < -0.3 is 14.6 Å². The highest BCUT2D eigenvalue weighted by Crippen LogP contribution is 2.21. The summed E-state index contributed by atoms with van der Waals surface area (Å²) in [6.07, 6.45) is 6.25. The molecule has 1 N–H and O–H groups in total. The molecule has 1 aromatic heterocycles. The Labute approximate surface area is 111 Å². The van der Waals surface area contributed by atoms with Gasteiger partial charge >= 0.3 is 5.97 Å². The molecule has 18 heavy (non-hydrogen) atoms. The van der Waals surface area contributed by atoms with E-state index in [4.69, 9.17) is 5.11 Å². The van der Waals surface area contributed by atoms with Gasteiger partial charge in [0.1, 0.15) is 0 Å². The largest absolute Gasteiger partial charge is 0.481 e. The molecule has 0 amide bonds. The van der Waals surface area contributed by atoms with Crippen molar-refractivity contribution in [2.24, 2.45) is 0 Å². The van der Waals surface area contributed by atoms with Crippen LogP contribution in [-0.4, -0.2) is 50.9 Å². The predicted octanol–water partition coefficient (Wildman–Crippen LogP) is 1.72. The van der Waals surface area contributed by atoms with E-state index in [1.165, 1.54) is 37.7 Å². The van der Waals surface area contributed by atoms with Crippen molar-refractivity contribution in [3.8, 4) is 0 Å². The number of rotatable bonds is 6. The number of hydrogen-bond acceptors (Lipinski definition) is 4. The van der Waals surface area contributed by atoms with E-state index < -0.39 is 5.97 Å². The number of carbonyl (C=O) groups is 1. The third-order valence-electron chi connectivity index (χ3n) is 3.15. The first-order valence-electron chi connectivity index (χ1n) is 6.26. The minimum atomic E-state index is -0.804. The van der Waals surface area contributed by atoms with Crippen molar-refractivity contribution < 1.29 is 9.90 Å². The van der Waals surface area contributed by atoms with E-state index >= 15 is 0 Å². The second-order valence-corrected chi connectivity index (χ2v) is 5.60. The van der Waals surface area contributed by atoms with Gasteiger partial charge in [0.2, 0.25) is 0 Å². The molecule has 0 radical (unpaired) electrons. The molecule has 100 valence electrons. The number of imidazole rings is 1. The number of aromatic nitrogens is 2. The number of nitrogens with zero attached hydrogens (tertiary/aromatic N) is 3. The Morgan fingerprint density at radius 3 is 2.94 bits per heavy atom. The summed E-state index contributed by atoms with van der Waals surface area (Å²) in [4.78, 5) is 17.3. The summed E-state index contributed by atoms with van der Waals surface area (Å²) in [6, 6.07) is 0.335. The van der Waals surface area contributed by atoms with Gasteiger partial charge in [-0.25, -0.2) is 4.98 Å². The van der Waals surface area contributed by atoms with Crippen LogP contribution >= 0.6 is 11.8 Å². The molecule has 0 aromatic carbocycles. The summed E-state index contributed by atoms with van der Waals surface area (Å²) in [7, 11) is 0. The fourth-order valence-corrected chi connectivity index (χ4v) is 3.08. The normalized spacial score (nSPS) is 18.1. The molecule has 1 atom stereocenters. The Balaban J connectivity index is 1.94. The second-order valence-electron chi connectivity index (χ2n) is 4.66. The number of hydrogen-bond donors (Lipinski definition) is 1. The summed E-state index contributed by atoms with van der Waals surface area (Å²) >= 11 is 1.28. The summed E-state index contributed by atoms with van der Waals surface area (Å²) in [5.41, 5.74) is 0. The van der Waals surface area contributed by atoms with Crippen LogP contribution in [0.25, 0.3) is 0 Å². The van der Waals surface area contributed by atoms with Crippen molar-refractivity contribution in [3.05, 3.63) is 12.4 Å². The number of thioether (sulfide) groups is 1. The molecule has 1 unspecified atom stereocenters. The maximum atomic E-state index is 10.6. The van der Waals surface area contributed by atoms with Gasteiger partial charge in [-0.1, -0.05) is 11.8 Å². The summed E-state index contributed by atoms with van der Waals surface area (Å²) < 4.78 is 2.08. The van der Waals surface area contributed by atoms with Crippen LogP contribution in [-0.2, 0) is 4.79 Å². The van der Waals surface area contributed by atoms with Gasteiger partial charge in [-0.2, -0.15) is 0 Å². The predicted molar refractivity (Wildman–Crippen MR) is 71.0 cm³/mol. The van der Waals surface area contributed by atoms with Crippen molar-refractivity contribution >= 4 is 17.7 Å². The standard InChI is InChI=1S/C12H19N3O2S/c1-10(8-14-5-2-3-6-14)15-7-4-13-12(15)18-9-11(16)17/h4,7,10H,2-3,5-6,8-9H2,1H3,(H,16,17). The van der Waals surface area contributed by atoms with Crippen molar-refractivity contribution in [2.45, 2.75) is 31.0 Å². The van der Waals surface area contributed by atoms with Gasteiger partial charge in [0.05, 0.1) is 5.75 Å². The molecule has 1 saturated heterocycles. The van der Waals surface area contributed by atoms with Gasteiger partial charge in [-0.3, -0.25) is 4.79 Å². The third-order valence-corrected chi connectivity index (χ3v) is 4.12. The van der Waals surface area contributed by atoms with Crippen LogP contribution in [0.2, 0.25) is 0 Å². The smallest absolute Gasteiger partial charge is 0.313 e. The molecule has 6 heteroatoms. The molecule has 2 rings (SSSR count). The van der Waals surface area contributed by atoms with Crippen molar-refractivity contribution in [3.63, 3.8) is 0 Å². The SMILES string of the molecule is CC(CN1CCCC1)n1ccnc1SCC(=O)O. The lowest BCUT2D eigenvalue weighted by molar-refractivity contribution is -0.133. The molecular formula is C12H19N3O2S. The lowest BCUT2D eigenvalue weighted by Gasteiger charge is -2.22. The zero-order valence-electron chi connectivity index (χ0n) is 10.6. The highest BCUT2D eigenvalue weighted by molar-refractivity contribution is 7.99. The quantitative estimate of drug-likeness (QED) is 0.797. The van der Waals surface area contributed by atoms with Crippen molar-refractivity contribution in [1.82, 2.24) is 14.5 Å². The van der Waals surface area contributed by atoms with Crippen molar-refractivity contribution in [1.29, 1.82) is 0 Å². The number of aliphatic carboxylic acids is 1. The Morgan fingerprint density at radius 2 is 2.28 bits per heavy atom. The molecule has 1 aromatic rings. The Bertz CT molecular complexity index is 402. The maximum Gasteiger partial charge on any atom is 0.313 e. The first-order chi connectivity index (χ1) is 8.66. The van der Waals surface area contributed by atoms with Gasteiger partial charge in [0.15, 0.2) is 5.16 Å². The second kappa shape index (κ2) is 6.24. The molecule has 1 aliphatic rings. The Morgan fingerprint density at radius 1 is 1.56 bits per heavy atom. The van der Waals surface area contributed by atoms with Crippen LogP contribution in [0, 0.1) is 0 Å². The molecule has 0 spiro atoms. The average molecular weight is 269 g/mol. The van der Waals surface area contributed by atoms with Crippen molar-refractivity contribution in [2.75, 3.05) is 25.4 Å². The van der Waals surface area contributed by atoms with Crippen LogP contribution in [0.15, 0.2) is 17.6 Å². The summed E-state index contributed by atoms with van der Waals surface area (Å²) in [5, 5.41) is 9.50. The monoisotopic (exact) mass is 269 g/mol. The van der Waals surface area contributed by atoms with E-state index in [9.17, 15) is 4.79 Å². The first kappa shape index (κ1) is 13.4. The fraction of sp³-hybridized carbons (Fsp3) is 0.667. The fourth-order valence-electron chi connectivity index (χ4n) is 2.30. The van der Waals surface area contributed by atoms with Gasteiger partial charge in [-0.15, -0.1) is 0 Å². The number of carboxylic acid groups (broad SMARTS) is 1. The summed E-state index contributed by atoms with van der Waals surface area (Å²) in [5.74, 6) is -0.741. The van der Waals surface area contributed by atoms with E-state index in [1.807, 2.05) is 6.20 Å². The van der Waals surface area contributed by atoms with E-state index in [0.717, 1.165) is 11.7 Å².